The summed E-state index contributed by atoms with van der Waals surface area (Å²) in [5, 5.41) is 6.96. The minimum atomic E-state index is -0.662. The Kier molecular flexibility index (Phi) is 4.18. The normalized spacial score (nSPS) is 12.1. The first kappa shape index (κ1) is 16.6. The first-order valence-electron chi connectivity index (χ1n) is 7.69. The number of hydrogen-bond acceptors (Lipinski definition) is 5. The van der Waals surface area contributed by atoms with Crippen LogP contribution in [0.15, 0.2) is 46.0 Å². The fourth-order valence-corrected chi connectivity index (χ4v) is 2.54. The molecule has 0 unspecified atom stereocenters. The van der Waals surface area contributed by atoms with Gasteiger partial charge in [0, 0.05) is 14.1 Å². The highest BCUT2D eigenvalue weighted by Gasteiger charge is 2.20. The van der Waals surface area contributed by atoms with Crippen LogP contribution in [-0.4, -0.2) is 25.2 Å². The van der Waals surface area contributed by atoms with E-state index in [0.717, 1.165) is 10.1 Å². The molecule has 0 saturated heterocycles. The summed E-state index contributed by atoms with van der Waals surface area (Å²) < 4.78 is 2.16. The van der Waals surface area contributed by atoms with Crippen molar-refractivity contribution in [2.75, 3.05) is 0 Å². The van der Waals surface area contributed by atoms with Crippen molar-refractivity contribution in [3.8, 4) is 11.4 Å². The molecule has 0 radical (unpaired) electrons. The maximum Gasteiger partial charge on any atom is 0.352 e. The van der Waals surface area contributed by atoms with Gasteiger partial charge in [0.05, 0.1) is 11.6 Å². The lowest BCUT2D eigenvalue weighted by Crippen LogP contribution is -2.37. The molecule has 1 aromatic rings. The predicted octanol–water partition coefficient (Wildman–Crippen LogP) is 0.470. The van der Waals surface area contributed by atoms with E-state index in [9.17, 15) is 14.4 Å². The van der Waals surface area contributed by atoms with E-state index in [1.54, 1.807) is 0 Å². The topological polar surface area (TPSA) is 98.9 Å². The molecule has 25 heavy (non-hydrogen) atoms. The number of aryl methyl sites for hydroxylation is 1. The van der Waals surface area contributed by atoms with Crippen molar-refractivity contribution in [2.45, 2.75) is 13.0 Å². The molecule has 0 spiro atoms. The van der Waals surface area contributed by atoms with Crippen LogP contribution in [0.5, 0.6) is 0 Å². The first-order valence-corrected chi connectivity index (χ1v) is 7.69. The van der Waals surface area contributed by atoms with Crippen LogP contribution in [0.25, 0.3) is 11.4 Å². The summed E-state index contributed by atoms with van der Waals surface area (Å²) >= 11 is 0. The van der Waals surface area contributed by atoms with Crippen molar-refractivity contribution in [3.05, 3.63) is 68.5 Å². The minimum absolute atomic E-state index is 0.0790. The average molecular weight is 339 g/mol. The molecule has 8 nitrogen and oxygen atoms in total. The standard InChI is InChI=1S/C17H17N5O3/c1-10(11-7-5-4-6-8-11)18-15(23)13-9-12-14(22(3)20-13)19-17(25)21(2)16(12)24/h4-10H,1-3H3,(H,18,23)/t10-/m1/s1. The van der Waals surface area contributed by atoms with Gasteiger partial charge in [-0.25, -0.2) is 9.48 Å². The van der Waals surface area contributed by atoms with Gasteiger partial charge in [0.15, 0.2) is 5.82 Å². The second kappa shape index (κ2) is 6.31. The Morgan fingerprint density at radius 3 is 2.52 bits per heavy atom. The summed E-state index contributed by atoms with van der Waals surface area (Å²) in [5.41, 5.74) is 0.0185. The van der Waals surface area contributed by atoms with Crippen LogP contribution in [0.2, 0.25) is 0 Å². The van der Waals surface area contributed by atoms with E-state index in [-0.39, 0.29) is 23.1 Å². The number of fused-ring (bicyclic) bond motifs is 1. The molecule has 0 saturated carbocycles. The second-order valence-corrected chi connectivity index (χ2v) is 5.75. The third kappa shape index (κ3) is 3.06. The molecule has 1 atom stereocenters. The van der Waals surface area contributed by atoms with E-state index in [1.165, 1.54) is 24.8 Å². The molecule has 0 bridgehead atoms. The lowest BCUT2D eigenvalue weighted by Gasteiger charge is -2.16. The number of nitrogens with zero attached hydrogens (tertiary/aromatic N) is 4. The van der Waals surface area contributed by atoms with Gasteiger partial charge >= 0.3 is 5.69 Å². The SMILES string of the molecule is C[C@@H](NC(=O)c1cc2c(=O)n(C)c(=O)nc-2n(C)n1)c1ccccc1. The fourth-order valence-electron chi connectivity index (χ4n) is 2.54. The Balaban J connectivity index is 1.99. The quantitative estimate of drug-likeness (QED) is 0.748. The molecule has 8 heteroatoms. The molecule has 128 valence electrons. The number of carbonyl (C=O) groups excluding carboxylic acids is 1. The number of rotatable bonds is 3. The summed E-state index contributed by atoms with van der Waals surface area (Å²) in [6.07, 6.45) is 0. The molecule has 0 aliphatic carbocycles. The molecule has 2 aliphatic heterocycles. The van der Waals surface area contributed by atoms with Gasteiger partial charge in [-0.2, -0.15) is 10.1 Å². The Morgan fingerprint density at radius 2 is 1.84 bits per heavy atom. The van der Waals surface area contributed by atoms with Gasteiger partial charge in [0.2, 0.25) is 0 Å². The average Bonchev–Trinajstić information content (AvgIpc) is 2.61. The zero-order chi connectivity index (χ0) is 18.1. The minimum Gasteiger partial charge on any atom is -0.344 e. The molecule has 0 fully saturated rings. The van der Waals surface area contributed by atoms with Gasteiger partial charge in [0.25, 0.3) is 11.5 Å². The molecule has 2 heterocycles. The van der Waals surface area contributed by atoms with Gasteiger partial charge in [-0.3, -0.25) is 14.2 Å². The summed E-state index contributed by atoms with van der Waals surface area (Å²) in [4.78, 5) is 40.3. The largest absolute Gasteiger partial charge is 0.352 e. The van der Waals surface area contributed by atoms with Crippen LogP contribution < -0.4 is 16.6 Å². The number of hydrogen-bond donors (Lipinski definition) is 1. The summed E-state index contributed by atoms with van der Waals surface area (Å²) in [6.45, 7) is 1.86. The summed E-state index contributed by atoms with van der Waals surface area (Å²) in [7, 11) is 2.88. The van der Waals surface area contributed by atoms with Gasteiger partial charge in [-0.05, 0) is 18.6 Å². The maximum atomic E-state index is 12.5. The Morgan fingerprint density at radius 1 is 1.16 bits per heavy atom. The smallest absolute Gasteiger partial charge is 0.344 e. The summed E-state index contributed by atoms with van der Waals surface area (Å²) in [5.74, 6) is -0.275. The Labute approximate surface area is 143 Å². The third-order valence-corrected chi connectivity index (χ3v) is 3.99. The van der Waals surface area contributed by atoms with Crippen LogP contribution in [0.3, 0.4) is 0 Å². The van der Waals surface area contributed by atoms with Crippen LogP contribution in [0.4, 0.5) is 0 Å². The molecular formula is C17H17N5O3. The lowest BCUT2D eigenvalue weighted by atomic mass is 10.1. The van der Waals surface area contributed by atoms with E-state index in [1.807, 2.05) is 37.3 Å². The van der Waals surface area contributed by atoms with Crippen LogP contribution >= 0.6 is 0 Å². The number of carbonyl (C=O) groups is 1. The monoisotopic (exact) mass is 339 g/mol. The Hall–Kier alpha value is -3.29. The number of benzene rings is 1. The van der Waals surface area contributed by atoms with E-state index >= 15 is 0 Å². The van der Waals surface area contributed by atoms with E-state index in [4.69, 9.17) is 0 Å². The molecule has 3 rings (SSSR count). The van der Waals surface area contributed by atoms with Crippen molar-refractivity contribution in [1.82, 2.24) is 24.6 Å². The van der Waals surface area contributed by atoms with Crippen molar-refractivity contribution >= 4 is 5.91 Å². The Bertz CT molecular complexity index is 1020. The first-order chi connectivity index (χ1) is 11.9. The second-order valence-electron chi connectivity index (χ2n) is 5.75. The highest BCUT2D eigenvalue weighted by molar-refractivity contribution is 5.93. The molecule has 1 amide bonds. The van der Waals surface area contributed by atoms with Crippen molar-refractivity contribution in [3.63, 3.8) is 0 Å². The number of nitrogens with one attached hydrogen (secondary N) is 1. The van der Waals surface area contributed by atoms with Gasteiger partial charge in [0.1, 0.15) is 5.69 Å². The fraction of sp³-hybridized carbons (Fsp3) is 0.235. The van der Waals surface area contributed by atoms with Crippen LogP contribution in [0.1, 0.15) is 29.0 Å². The summed E-state index contributed by atoms with van der Waals surface area (Å²) in [6, 6.07) is 10.6. The van der Waals surface area contributed by atoms with E-state index in [0.29, 0.717) is 0 Å². The molecule has 1 N–H and O–H groups in total. The van der Waals surface area contributed by atoms with Crippen molar-refractivity contribution < 1.29 is 4.79 Å². The molecule has 2 aliphatic rings. The van der Waals surface area contributed by atoms with E-state index in [2.05, 4.69) is 15.4 Å². The van der Waals surface area contributed by atoms with Crippen LogP contribution in [-0.2, 0) is 14.1 Å². The molecule has 1 aromatic carbocycles. The highest BCUT2D eigenvalue weighted by atomic mass is 16.2. The highest BCUT2D eigenvalue weighted by Crippen LogP contribution is 2.15. The van der Waals surface area contributed by atoms with Crippen molar-refractivity contribution in [1.29, 1.82) is 0 Å². The van der Waals surface area contributed by atoms with Gasteiger partial charge in [-0.15, -0.1) is 0 Å². The predicted molar refractivity (Wildman–Crippen MR) is 91.5 cm³/mol. The van der Waals surface area contributed by atoms with Crippen LogP contribution in [0, 0.1) is 0 Å². The molecule has 0 aromatic heterocycles. The van der Waals surface area contributed by atoms with Gasteiger partial charge in [-0.1, -0.05) is 30.3 Å². The molecular weight excluding hydrogens is 322 g/mol. The number of amides is 1. The maximum absolute atomic E-state index is 12.5. The van der Waals surface area contributed by atoms with Crippen molar-refractivity contribution in [2.24, 2.45) is 14.1 Å². The third-order valence-electron chi connectivity index (χ3n) is 3.99. The van der Waals surface area contributed by atoms with Gasteiger partial charge < -0.3 is 5.32 Å². The number of aromatic nitrogens is 4. The lowest BCUT2D eigenvalue weighted by molar-refractivity contribution is 0.0932. The van der Waals surface area contributed by atoms with E-state index < -0.39 is 17.2 Å². The zero-order valence-electron chi connectivity index (χ0n) is 14.1. The zero-order valence-corrected chi connectivity index (χ0v) is 14.1.